The molecular weight excluding hydrogens is 342 g/mol. The number of aromatic amines is 1. The summed E-state index contributed by atoms with van der Waals surface area (Å²) >= 11 is 5.15. The molecule has 0 aliphatic heterocycles. The van der Waals surface area contributed by atoms with Crippen molar-refractivity contribution in [1.82, 2.24) is 14.9 Å². The molecule has 3 aromatic rings. The molecule has 1 heterocycles. The van der Waals surface area contributed by atoms with Crippen molar-refractivity contribution in [3.05, 3.63) is 80.9 Å². The van der Waals surface area contributed by atoms with Gasteiger partial charge in [0.05, 0.1) is 11.1 Å². The van der Waals surface area contributed by atoms with E-state index in [0.717, 1.165) is 0 Å². The first-order valence-electron chi connectivity index (χ1n) is 7.26. The molecule has 0 amide bonds. The molecule has 2 aromatic carbocycles. The van der Waals surface area contributed by atoms with E-state index < -0.39 is 4.92 Å². The van der Waals surface area contributed by atoms with E-state index in [-0.39, 0.29) is 12.3 Å². The van der Waals surface area contributed by atoms with Crippen LogP contribution < -0.4 is 4.74 Å². The lowest BCUT2D eigenvalue weighted by molar-refractivity contribution is -0.384. The van der Waals surface area contributed by atoms with Crippen LogP contribution in [0.4, 0.5) is 5.69 Å². The van der Waals surface area contributed by atoms with Crippen molar-refractivity contribution in [2.24, 2.45) is 5.10 Å². The van der Waals surface area contributed by atoms with Gasteiger partial charge in [0.15, 0.2) is 5.82 Å². The number of ether oxygens (including phenoxy) is 1. The second-order valence-corrected chi connectivity index (χ2v) is 5.34. The Morgan fingerprint density at radius 3 is 2.84 bits per heavy atom. The van der Waals surface area contributed by atoms with Gasteiger partial charge in [-0.15, -0.1) is 0 Å². The van der Waals surface area contributed by atoms with Gasteiger partial charge in [-0.3, -0.25) is 10.1 Å². The van der Waals surface area contributed by atoms with E-state index in [2.05, 4.69) is 15.3 Å². The number of hydrogen-bond donors (Lipinski definition) is 1. The summed E-state index contributed by atoms with van der Waals surface area (Å²) in [4.78, 5) is 10.4. The number of nitro benzene ring substituents is 1. The summed E-state index contributed by atoms with van der Waals surface area (Å²) in [6, 6.07) is 15.4. The average Bonchev–Trinajstić information content (AvgIpc) is 2.99. The lowest BCUT2D eigenvalue weighted by atomic mass is 10.2. The van der Waals surface area contributed by atoms with Crippen LogP contribution >= 0.6 is 12.2 Å². The molecule has 0 radical (unpaired) electrons. The highest BCUT2D eigenvalue weighted by atomic mass is 32.1. The minimum atomic E-state index is -0.458. The van der Waals surface area contributed by atoms with E-state index in [9.17, 15) is 10.1 Å². The van der Waals surface area contributed by atoms with Crippen LogP contribution in [-0.2, 0) is 6.61 Å². The van der Waals surface area contributed by atoms with E-state index in [0.29, 0.717) is 21.9 Å². The van der Waals surface area contributed by atoms with E-state index >= 15 is 0 Å². The highest BCUT2D eigenvalue weighted by molar-refractivity contribution is 7.71. The normalized spacial score (nSPS) is 10.9. The first-order valence-corrected chi connectivity index (χ1v) is 7.67. The molecule has 9 heteroatoms. The molecule has 0 fully saturated rings. The third-order valence-electron chi connectivity index (χ3n) is 3.23. The van der Waals surface area contributed by atoms with Crippen molar-refractivity contribution >= 4 is 24.1 Å². The van der Waals surface area contributed by atoms with Crippen molar-refractivity contribution in [3.8, 4) is 5.75 Å². The third-order valence-corrected chi connectivity index (χ3v) is 3.50. The quantitative estimate of drug-likeness (QED) is 0.316. The summed E-state index contributed by atoms with van der Waals surface area (Å²) in [5.74, 6) is 1.18. The number of nitrogens with one attached hydrogen (secondary N) is 1. The van der Waals surface area contributed by atoms with Gasteiger partial charge in [-0.25, -0.2) is 5.10 Å². The van der Waals surface area contributed by atoms with Crippen LogP contribution in [0.1, 0.15) is 11.4 Å². The summed E-state index contributed by atoms with van der Waals surface area (Å²) in [7, 11) is 0. The Bertz CT molecular complexity index is 965. The molecule has 126 valence electrons. The van der Waals surface area contributed by atoms with E-state index in [1.165, 1.54) is 23.0 Å². The topological polar surface area (TPSA) is 98.3 Å². The van der Waals surface area contributed by atoms with Crippen LogP contribution in [0.25, 0.3) is 0 Å². The number of non-ortho nitro benzene ring substituents is 1. The van der Waals surface area contributed by atoms with E-state index in [1.54, 1.807) is 12.1 Å². The fraction of sp³-hybridized carbons (Fsp3) is 0.0625. The van der Waals surface area contributed by atoms with Crippen LogP contribution in [0.3, 0.4) is 0 Å². The highest BCUT2D eigenvalue weighted by Crippen LogP contribution is 2.13. The number of rotatable bonds is 6. The smallest absolute Gasteiger partial charge is 0.270 e. The molecule has 0 aliphatic carbocycles. The van der Waals surface area contributed by atoms with Crippen LogP contribution in [0, 0.1) is 14.9 Å². The van der Waals surface area contributed by atoms with E-state index in [1.807, 2.05) is 30.3 Å². The Morgan fingerprint density at radius 1 is 1.28 bits per heavy atom. The maximum absolute atomic E-state index is 10.8. The monoisotopic (exact) mass is 355 g/mol. The van der Waals surface area contributed by atoms with Gasteiger partial charge < -0.3 is 4.74 Å². The highest BCUT2D eigenvalue weighted by Gasteiger charge is 2.07. The first-order chi connectivity index (χ1) is 12.1. The van der Waals surface area contributed by atoms with Gasteiger partial charge in [0.1, 0.15) is 12.4 Å². The molecule has 1 N–H and O–H groups in total. The van der Waals surface area contributed by atoms with E-state index in [4.69, 9.17) is 17.0 Å². The zero-order valence-electron chi connectivity index (χ0n) is 12.9. The van der Waals surface area contributed by atoms with Gasteiger partial charge in [-0.05, 0) is 24.4 Å². The molecule has 0 bridgehead atoms. The zero-order valence-corrected chi connectivity index (χ0v) is 13.7. The van der Waals surface area contributed by atoms with Crippen molar-refractivity contribution < 1.29 is 9.66 Å². The van der Waals surface area contributed by atoms with Crippen LogP contribution in [-0.4, -0.2) is 26.0 Å². The van der Waals surface area contributed by atoms with Gasteiger partial charge in [0.25, 0.3) is 5.69 Å². The number of nitro groups is 1. The molecular formula is C16H13N5O3S. The lowest BCUT2D eigenvalue weighted by Gasteiger charge is -2.04. The standard InChI is InChI=1S/C16H13N5O3S/c22-21(23)13-6-4-5-12(9-13)10-17-20-15(18-19-16(20)25)11-24-14-7-2-1-3-8-14/h1-10H,11H2,(H,19,25)/b17-10-. The number of para-hydroxylation sites is 1. The molecule has 0 unspecified atom stereocenters. The Hall–Kier alpha value is -3.33. The Labute approximate surface area is 147 Å². The van der Waals surface area contributed by atoms with Gasteiger partial charge in [0.2, 0.25) is 4.77 Å². The molecule has 0 saturated heterocycles. The third kappa shape index (κ3) is 4.15. The molecule has 0 aliphatic rings. The summed E-state index contributed by atoms with van der Waals surface area (Å²) in [5, 5.41) is 21.8. The minimum Gasteiger partial charge on any atom is -0.486 e. The maximum Gasteiger partial charge on any atom is 0.270 e. The molecule has 0 saturated carbocycles. The van der Waals surface area contributed by atoms with Crippen LogP contribution in [0.15, 0.2) is 59.7 Å². The largest absolute Gasteiger partial charge is 0.486 e. The van der Waals surface area contributed by atoms with Crippen LogP contribution in [0.2, 0.25) is 0 Å². The second kappa shape index (κ2) is 7.49. The predicted molar refractivity (Wildman–Crippen MR) is 94.3 cm³/mol. The van der Waals surface area contributed by atoms with Gasteiger partial charge in [-0.1, -0.05) is 30.3 Å². The molecule has 3 rings (SSSR count). The Morgan fingerprint density at radius 2 is 2.08 bits per heavy atom. The number of H-pyrrole nitrogens is 1. The fourth-order valence-electron chi connectivity index (χ4n) is 2.04. The number of aromatic nitrogens is 3. The number of nitrogens with zero attached hydrogens (tertiary/aromatic N) is 4. The molecule has 1 aromatic heterocycles. The number of hydrogen-bond acceptors (Lipinski definition) is 6. The van der Waals surface area contributed by atoms with Crippen molar-refractivity contribution in [1.29, 1.82) is 0 Å². The SMILES string of the molecule is O=[N+]([O-])c1cccc(/C=N\n2c(COc3ccccc3)n[nH]c2=S)c1. The maximum atomic E-state index is 10.8. The van der Waals surface area contributed by atoms with Crippen LogP contribution in [0.5, 0.6) is 5.75 Å². The summed E-state index contributed by atoms with van der Waals surface area (Å²) in [5.41, 5.74) is 0.569. The first kappa shape index (κ1) is 16.5. The summed E-state index contributed by atoms with van der Waals surface area (Å²) in [6.07, 6.45) is 1.48. The molecule has 0 atom stereocenters. The summed E-state index contributed by atoms with van der Waals surface area (Å²) < 4.78 is 7.35. The molecule has 0 spiro atoms. The lowest BCUT2D eigenvalue weighted by Crippen LogP contribution is -2.04. The Kier molecular flexibility index (Phi) is 4.95. The minimum absolute atomic E-state index is 0.00706. The van der Waals surface area contributed by atoms with Crippen molar-refractivity contribution in [2.45, 2.75) is 6.61 Å². The van der Waals surface area contributed by atoms with Crippen molar-refractivity contribution in [2.75, 3.05) is 0 Å². The van der Waals surface area contributed by atoms with Gasteiger partial charge in [0, 0.05) is 17.7 Å². The van der Waals surface area contributed by atoms with Crippen molar-refractivity contribution in [3.63, 3.8) is 0 Å². The second-order valence-electron chi connectivity index (χ2n) is 4.96. The average molecular weight is 355 g/mol. The zero-order chi connectivity index (χ0) is 17.6. The van der Waals surface area contributed by atoms with Gasteiger partial charge >= 0.3 is 0 Å². The fourth-order valence-corrected chi connectivity index (χ4v) is 2.24. The number of benzene rings is 2. The molecule has 8 nitrogen and oxygen atoms in total. The van der Waals surface area contributed by atoms with Gasteiger partial charge in [-0.2, -0.15) is 14.9 Å². The Balaban J connectivity index is 1.78. The molecule has 25 heavy (non-hydrogen) atoms. The predicted octanol–water partition coefficient (Wildman–Crippen LogP) is 3.31. The summed E-state index contributed by atoms with van der Waals surface area (Å²) in [6.45, 7) is 0.170.